The van der Waals surface area contributed by atoms with Gasteiger partial charge in [-0.15, -0.1) is 0 Å². The van der Waals surface area contributed by atoms with Crippen LogP contribution in [0.5, 0.6) is 0 Å². The van der Waals surface area contributed by atoms with Gasteiger partial charge in [0.05, 0.1) is 12.0 Å². The molecule has 0 amide bonds. The van der Waals surface area contributed by atoms with Crippen molar-refractivity contribution in [3.63, 3.8) is 0 Å². The molecule has 1 heterocycles. The molecule has 0 aromatic heterocycles. The molecule has 0 aliphatic carbocycles. The fraction of sp³-hybridized carbons (Fsp3) is 0.909. The molecule has 88 valence electrons. The molecule has 0 saturated carbocycles. The Balaban J connectivity index is 2.40. The normalized spacial score (nSPS) is 26.9. The van der Waals surface area contributed by atoms with Crippen molar-refractivity contribution in [2.75, 3.05) is 45.4 Å². The van der Waals surface area contributed by atoms with Gasteiger partial charge in [-0.1, -0.05) is 0 Å². The Morgan fingerprint density at radius 3 is 2.93 bits per heavy atom. The van der Waals surface area contributed by atoms with E-state index >= 15 is 0 Å². The number of carbonyl (C=O) groups is 1. The maximum absolute atomic E-state index is 11.2. The number of rotatable bonds is 6. The highest BCUT2D eigenvalue weighted by atomic mass is 32.2. The van der Waals surface area contributed by atoms with Gasteiger partial charge >= 0.3 is 0 Å². The number of aldehydes is 1. The van der Waals surface area contributed by atoms with Gasteiger partial charge in [0.25, 0.3) is 0 Å². The van der Waals surface area contributed by atoms with Gasteiger partial charge in [0.1, 0.15) is 6.29 Å². The summed E-state index contributed by atoms with van der Waals surface area (Å²) in [7, 11) is 2.08. The second-order valence-corrected chi connectivity index (χ2v) is 5.35. The molecule has 0 radical (unpaired) electrons. The molecule has 0 aromatic rings. The number of carbonyl (C=O) groups excluding carboxylic acids is 1. The largest absolute Gasteiger partial charge is 0.380 e. The van der Waals surface area contributed by atoms with E-state index in [4.69, 9.17) is 4.74 Å². The second-order valence-electron chi connectivity index (χ2n) is 4.37. The first-order chi connectivity index (χ1) is 7.22. The maximum Gasteiger partial charge on any atom is 0.129 e. The zero-order valence-electron chi connectivity index (χ0n) is 9.70. The molecule has 1 atom stereocenters. The van der Waals surface area contributed by atoms with Crippen molar-refractivity contribution in [1.29, 1.82) is 0 Å². The van der Waals surface area contributed by atoms with Crippen LogP contribution in [0.25, 0.3) is 0 Å². The molecular formula is C11H21NO2S. The minimum Gasteiger partial charge on any atom is -0.380 e. The summed E-state index contributed by atoms with van der Waals surface area (Å²) in [6.07, 6.45) is 5.18. The molecule has 1 rings (SSSR count). The molecule has 4 heteroatoms. The van der Waals surface area contributed by atoms with E-state index < -0.39 is 0 Å². The number of nitrogens with zero attached hydrogens (tertiary/aromatic N) is 1. The quantitative estimate of drug-likeness (QED) is 0.644. The summed E-state index contributed by atoms with van der Waals surface area (Å²) in [6.45, 7) is 3.28. The summed E-state index contributed by atoms with van der Waals surface area (Å²) in [6, 6.07) is 0. The van der Waals surface area contributed by atoms with E-state index in [1.54, 1.807) is 0 Å². The van der Waals surface area contributed by atoms with Crippen LogP contribution in [0.4, 0.5) is 0 Å². The fourth-order valence-corrected chi connectivity index (χ4v) is 2.49. The first-order valence-corrected chi connectivity index (χ1v) is 6.83. The third kappa shape index (κ3) is 4.13. The van der Waals surface area contributed by atoms with Gasteiger partial charge in [-0.25, -0.2) is 0 Å². The molecule has 1 aliphatic rings. The second kappa shape index (κ2) is 6.51. The predicted molar refractivity (Wildman–Crippen MR) is 64.4 cm³/mol. The van der Waals surface area contributed by atoms with Crippen LogP contribution in [0.15, 0.2) is 0 Å². The van der Waals surface area contributed by atoms with Gasteiger partial charge in [-0.2, -0.15) is 11.8 Å². The highest BCUT2D eigenvalue weighted by Crippen LogP contribution is 2.27. The van der Waals surface area contributed by atoms with Crippen molar-refractivity contribution in [3.8, 4) is 0 Å². The number of hydrogen-bond donors (Lipinski definition) is 0. The Bertz CT molecular complexity index is 193. The van der Waals surface area contributed by atoms with Gasteiger partial charge < -0.3 is 14.4 Å². The van der Waals surface area contributed by atoms with Crippen molar-refractivity contribution in [3.05, 3.63) is 0 Å². The average molecular weight is 231 g/mol. The van der Waals surface area contributed by atoms with Crippen LogP contribution in [0.3, 0.4) is 0 Å². The number of hydrogen-bond acceptors (Lipinski definition) is 4. The average Bonchev–Trinajstić information content (AvgIpc) is 2.27. The Morgan fingerprint density at radius 2 is 2.40 bits per heavy atom. The van der Waals surface area contributed by atoms with Crippen LogP contribution in [0, 0.1) is 5.41 Å². The van der Waals surface area contributed by atoms with Crippen molar-refractivity contribution in [1.82, 2.24) is 4.90 Å². The summed E-state index contributed by atoms with van der Waals surface area (Å²) in [4.78, 5) is 13.4. The van der Waals surface area contributed by atoms with E-state index in [2.05, 4.69) is 18.2 Å². The third-order valence-corrected chi connectivity index (χ3v) is 3.46. The van der Waals surface area contributed by atoms with Crippen LogP contribution >= 0.6 is 11.8 Å². The molecule has 0 aromatic carbocycles. The molecule has 3 nitrogen and oxygen atoms in total. The number of ether oxygens (including phenoxy) is 1. The molecule has 1 fully saturated rings. The Kier molecular flexibility index (Phi) is 5.64. The van der Waals surface area contributed by atoms with Crippen LogP contribution < -0.4 is 0 Å². The third-order valence-electron chi connectivity index (χ3n) is 2.86. The topological polar surface area (TPSA) is 29.5 Å². The summed E-state index contributed by atoms with van der Waals surface area (Å²) in [5.74, 6) is 1.12. The van der Waals surface area contributed by atoms with Crippen molar-refractivity contribution in [2.45, 2.75) is 12.8 Å². The summed E-state index contributed by atoms with van der Waals surface area (Å²) in [5, 5.41) is 0. The first-order valence-electron chi connectivity index (χ1n) is 5.44. The first kappa shape index (κ1) is 13.0. The lowest BCUT2D eigenvalue weighted by atomic mass is 9.83. The Labute approximate surface area is 96.5 Å². The lowest BCUT2D eigenvalue weighted by Gasteiger charge is -2.35. The van der Waals surface area contributed by atoms with Crippen LogP contribution in [-0.4, -0.2) is 56.5 Å². The van der Waals surface area contributed by atoms with E-state index in [0.29, 0.717) is 6.61 Å². The van der Waals surface area contributed by atoms with Gasteiger partial charge in [0, 0.05) is 25.4 Å². The van der Waals surface area contributed by atoms with Gasteiger partial charge in [0.15, 0.2) is 0 Å². The van der Waals surface area contributed by atoms with Crippen LogP contribution in [0.1, 0.15) is 12.8 Å². The summed E-state index contributed by atoms with van der Waals surface area (Å²) < 4.78 is 5.42. The predicted octanol–water partition coefficient (Wildman–Crippen LogP) is 1.28. The van der Waals surface area contributed by atoms with E-state index in [1.165, 1.54) is 0 Å². The van der Waals surface area contributed by atoms with Crippen LogP contribution in [-0.2, 0) is 9.53 Å². The molecule has 0 spiro atoms. The number of thioether (sulfide) groups is 1. The lowest BCUT2D eigenvalue weighted by Crippen LogP contribution is -2.43. The molecule has 1 saturated heterocycles. The van der Waals surface area contributed by atoms with Crippen molar-refractivity contribution in [2.24, 2.45) is 5.41 Å². The fourth-order valence-electron chi connectivity index (χ4n) is 1.99. The zero-order valence-corrected chi connectivity index (χ0v) is 10.5. The minimum atomic E-state index is -0.245. The van der Waals surface area contributed by atoms with Crippen molar-refractivity contribution < 1.29 is 9.53 Å². The van der Waals surface area contributed by atoms with Crippen molar-refractivity contribution >= 4 is 18.0 Å². The molecule has 15 heavy (non-hydrogen) atoms. The van der Waals surface area contributed by atoms with E-state index in [0.717, 1.165) is 44.6 Å². The van der Waals surface area contributed by atoms with Gasteiger partial charge in [-0.3, -0.25) is 0 Å². The van der Waals surface area contributed by atoms with E-state index in [1.807, 2.05) is 11.8 Å². The highest BCUT2D eigenvalue weighted by molar-refractivity contribution is 7.98. The molecule has 1 unspecified atom stereocenters. The van der Waals surface area contributed by atoms with E-state index in [-0.39, 0.29) is 5.41 Å². The Morgan fingerprint density at radius 1 is 1.60 bits per heavy atom. The molecule has 0 bridgehead atoms. The monoisotopic (exact) mass is 231 g/mol. The van der Waals surface area contributed by atoms with Gasteiger partial charge in [-0.05, 0) is 26.1 Å². The Hall–Kier alpha value is -0.0600. The van der Waals surface area contributed by atoms with Gasteiger partial charge in [0.2, 0.25) is 0 Å². The molecule has 0 N–H and O–H groups in total. The smallest absolute Gasteiger partial charge is 0.129 e. The standard InChI is InChI=1S/C11H21NO2S/c1-12(5-7-15-2)8-11(9-13)4-3-6-14-10-11/h9H,3-8,10H2,1-2H3. The van der Waals surface area contributed by atoms with Crippen LogP contribution in [0.2, 0.25) is 0 Å². The lowest BCUT2D eigenvalue weighted by molar-refractivity contribution is -0.125. The zero-order chi connectivity index (χ0) is 11.1. The molecule has 1 aliphatic heterocycles. The minimum absolute atomic E-state index is 0.245. The highest BCUT2D eigenvalue weighted by Gasteiger charge is 2.33. The van der Waals surface area contributed by atoms with E-state index in [9.17, 15) is 4.79 Å². The summed E-state index contributed by atoms with van der Waals surface area (Å²) in [5.41, 5.74) is -0.245. The molecular weight excluding hydrogens is 210 g/mol. The maximum atomic E-state index is 11.2. The summed E-state index contributed by atoms with van der Waals surface area (Å²) >= 11 is 1.84. The SMILES string of the molecule is CSCCN(C)CC1(C=O)CCCOC1.